The van der Waals surface area contributed by atoms with Gasteiger partial charge in [0.15, 0.2) is 5.84 Å². The smallest absolute Gasteiger partial charge is 0.409 e. The van der Waals surface area contributed by atoms with Gasteiger partial charge in [0.2, 0.25) is 0 Å². The van der Waals surface area contributed by atoms with Crippen molar-refractivity contribution in [1.82, 2.24) is 4.98 Å². The van der Waals surface area contributed by atoms with Crippen LogP contribution in [-0.4, -0.2) is 23.1 Å². The van der Waals surface area contributed by atoms with E-state index in [9.17, 15) is 13.2 Å². The Morgan fingerprint density at radius 1 is 1.27 bits per heavy atom. The topological polar surface area (TPSA) is 74.7 Å². The second kappa shape index (κ2) is 5.92. The Hall–Kier alpha value is -2.77. The molecule has 0 saturated carbocycles. The molecule has 22 heavy (non-hydrogen) atoms. The van der Waals surface area contributed by atoms with E-state index < -0.39 is 11.7 Å². The van der Waals surface area contributed by atoms with Gasteiger partial charge in [0, 0.05) is 18.9 Å². The van der Waals surface area contributed by atoms with Crippen molar-refractivity contribution in [2.45, 2.75) is 6.18 Å². The largest absolute Gasteiger partial charge is 0.418 e. The van der Waals surface area contributed by atoms with Gasteiger partial charge in [-0.3, -0.25) is 4.98 Å². The van der Waals surface area contributed by atoms with E-state index >= 15 is 0 Å². The summed E-state index contributed by atoms with van der Waals surface area (Å²) in [4.78, 5) is 5.25. The average Bonchev–Trinajstić information content (AvgIpc) is 2.52. The van der Waals surface area contributed by atoms with Crippen molar-refractivity contribution in [3.05, 3.63) is 53.9 Å². The molecule has 2 rings (SSSR count). The number of hydrogen-bond acceptors (Lipinski definition) is 4. The molecule has 1 aromatic heterocycles. The molecule has 0 aliphatic rings. The predicted molar refractivity (Wildman–Crippen MR) is 76.3 cm³/mol. The van der Waals surface area contributed by atoms with Gasteiger partial charge in [-0.15, -0.1) is 0 Å². The lowest BCUT2D eigenvalue weighted by atomic mass is 10.1. The van der Waals surface area contributed by atoms with Crippen LogP contribution in [-0.2, 0) is 6.18 Å². The van der Waals surface area contributed by atoms with Crippen LogP contribution in [0, 0.1) is 0 Å². The fourth-order valence-electron chi connectivity index (χ4n) is 1.96. The molecule has 0 unspecified atom stereocenters. The Bertz CT molecular complexity index is 700. The zero-order chi connectivity index (χ0) is 16.3. The molecule has 5 nitrogen and oxygen atoms in total. The van der Waals surface area contributed by atoms with Gasteiger partial charge in [-0.1, -0.05) is 17.3 Å². The van der Waals surface area contributed by atoms with Crippen molar-refractivity contribution in [1.29, 1.82) is 0 Å². The molecule has 8 heteroatoms. The first-order valence-corrected chi connectivity index (χ1v) is 6.18. The van der Waals surface area contributed by atoms with Crippen LogP contribution >= 0.6 is 0 Å². The van der Waals surface area contributed by atoms with E-state index in [-0.39, 0.29) is 17.2 Å². The molecule has 0 fully saturated rings. The predicted octanol–water partition coefficient (Wildman–Crippen LogP) is 2.96. The minimum Gasteiger partial charge on any atom is -0.409 e. The van der Waals surface area contributed by atoms with Crippen LogP contribution in [0.1, 0.15) is 11.3 Å². The number of oxime groups is 1. The van der Waals surface area contributed by atoms with Crippen LogP contribution in [0.5, 0.6) is 0 Å². The van der Waals surface area contributed by atoms with Crippen molar-refractivity contribution in [3.8, 4) is 0 Å². The molecule has 0 aliphatic heterocycles. The molecular formula is C14H13F3N4O. The number of benzene rings is 1. The van der Waals surface area contributed by atoms with Crippen LogP contribution in [0.25, 0.3) is 0 Å². The Morgan fingerprint density at radius 2 is 1.95 bits per heavy atom. The number of nitrogens with two attached hydrogens (primary N) is 1. The van der Waals surface area contributed by atoms with Gasteiger partial charge < -0.3 is 15.8 Å². The van der Waals surface area contributed by atoms with Gasteiger partial charge in [-0.25, -0.2) is 0 Å². The highest BCUT2D eigenvalue weighted by molar-refractivity contribution is 5.96. The highest BCUT2D eigenvalue weighted by atomic mass is 19.4. The van der Waals surface area contributed by atoms with Gasteiger partial charge in [-0.05, 0) is 24.3 Å². The summed E-state index contributed by atoms with van der Waals surface area (Å²) in [6.07, 6.45) is -3.10. The summed E-state index contributed by atoms with van der Waals surface area (Å²) in [5, 5.41) is 11.5. The molecule has 0 radical (unpaired) electrons. The molecule has 116 valence electrons. The fourth-order valence-corrected chi connectivity index (χ4v) is 1.96. The zero-order valence-corrected chi connectivity index (χ0v) is 11.5. The van der Waals surface area contributed by atoms with E-state index in [0.717, 1.165) is 6.07 Å². The summed E-state index contributed by atoms with van der Waals surface area (Å²) in [7, 11) is 1.50. The average molecular weight is 310 g/mol. The van der Waals surface area contributed by atoms with Crippen molar-refractivity contribution < 1.29 is 18.4 Å². The van der Waals surface area contributed by atoms with Crippen molar-refractivity contribution >= 4 is 17.2 Å². The molecule has 0 atom stereocenters. The first-order chi connectivity index (χ1) is 10.3. The summed E-state index contributed by atoms with van der Waals surface area (Å²) in [6, 6.07) is 8.19. The molecule has 0 saturated heterocycles. The van der Waals surface area contributed by atoms with Crippen LogP contribution in [0.2, 0.25) is 0 Å². The first kappa shape index (κ1) is 15.6. The number of rotatable bonds is 3. The Morgan fingerprint density at radius 3 is 2.59 bits per heavy atom. The number of pyridine rings is 1. The lowest BCUT2D eigenvalue weighted by Gasteiger charge is -2.23. The third-order valence-corrected chi connectivity index (χ3v) is 3.07. The van der Waals surface area contributed by atoms with E-state index in [1.54, 1.807) is 0 Å². The number of anilines is 2. The highest BCUT2D eigenvalue weighted by Crippen LogP contribution is 2.38. The number of aromatic nitrogens is 1. The summed E-state index contributed by atoms with van der Waals surface area (Å²) < 4.78 is 39.2. The van der Waals surface area contributed by atoms with Gasteiger partial charge in [-0.2, -0.15) is 13.2 Å². The lowest BCUT2D eigenvalue weighted by molar-refractivity contribution is -0.137. The molecule has 3 N–H and O–H groups in total. The fraction of sp³-hybridized carbons (Fsp3) is 0.143. The van der Waals surface area contributed by atoms with Gasteiger partial charge in [0.05, 0.1) is 11.3 Å². The monoisotopic (exact) mass is 310 g/mol. The van der Waals surface area contributed by atoms with E-state index in [2.05, 4.69) is 10.1 Å². The van der Waals surface area contributed by atoms with E-state index in [0.29, 0.717) is 5.69 Å². The minimum absolute atomic E-state index is 0.00772. The number of hydrogen-bond donors (Lipinski definition) is 2. The third-order valence-electron chi connectivity index (χ3n) is 3.07. The number of alkyl halides is 3. The van der Waals surface area contributed by atoms with Crippen molar-refractivity contribution in [2.24, 2.45) is 10.9 Å². The summed E-state index contributed by atoms with van der Waals surface area (Å²) in [6.45, 7) is 0. The Kier molecular flexibility index (Phi) is 4.20. The van der Waals surface area contributed by atoms with Crippen molar-refractivity contribution in [2.75, 3.05) is 11.9 Å². The summed E-state index contributed by atoms with van der Waals surface area (Å²) in [5.41, 5.74) is 5.27. The van der Waals surface area contributed by atoms with E-state index in [1.807, 2.05) is 0 Å². The molecule has 0 amide bonds. The standard InChI is InChI=1S/C14H13F3N4O/c1-21(9-6-7-19-11(8-9)13(18)20-22)12-5-3-2-4-10(12)14(15,16)17/h2-8,22H,1H3,(H2,18,20). The van der Waals surface area contributed by atoms with E-state index in [1.165, 1.54) is 48.5 Å². The molecule has 0 spiro atoms. The minimum atomic E-state index is -4.47. The SMILES string of the molecule is CN(c1ccnc(/C(N)=N/O)c1)c1ccccc1C(F)(F)F. The zero-order valence-electron chi connectivity index (χ0n) is 11.5. The Balaban J connectivity index is 2.48. The van der Waals surface area contributed by atoms with Crippen LogP contribution in [0.3, 0.4) is 0 Å². The highest BCUT2D eigenvalue weighted by Gasteiger charge is 2.34. The van der Waals surface area contributed by atoms with Gasteiger partial charge >= 0.3 is 6.18 Å². The van der Waals surface area contributed by atoms with Crippen LogP contribution < -0.4 is 10.6 Å². The quantitative estimate of drug-likeness (QED) is 0.395. The molecule has 0 bridgehead atoms. The maximum atomic E-state index is 13.1. The first-order valence-electron chi connectivity index (χ1n) is 6.18. The number of nitrogens with zero attached hydrogens (tertiary/aromatic N) is 3. The van der Waals surface area contributed by atoms with Crippen LogP contribution in [0.4, 0.5) is 24.5 Å². The van der Waals surface area contributed by atoms with Gasteiger partial charge in [0.25, 0.3) is 0 Å². The number of para-hydroxylation sites is 1. The molecule has 0 aliphatic carbocycles. The maximum absolute atomic E-state index is 13.1. The molecule has 1 heterocycles. The van der Waals surface area contributed by atoms with Gasteiger partial charge in [0.1, 0.15) is 5.69 Å². The third kappa shape index (κ3) is 3.11. The number of amidine groups is 1. The maximum Gasteiger partial charge on any atom is 0.418 e. The lowest BCUT2D eigenvalue weighted by Crippen LogP contribution is -2.19. The van der Waals surface area contributed by atoms with Crippen LogP contribution in [0.15, 0.2) is 47.8 Å². The second-order valence-electron chi connectivity index (χ2n) is 4.46. The molecular weight excluding hydrogens is 297 g/mol. The van der Waals surface area contributed by atoms with E-state index in [4.69, 9.17) is 10.9 Å². The molecule has 1 aromatic carbocycles. The normalized spacial score (nSPS) is 12.3. The second-order valence-corrected chi connectivity index (χ2v) is 4.46. The Labute approximate surface area is 124 Å². The number of halogens is 3. The molecule has 2 aromatic rings. The summed E-state index contributed by atoms with van der Waals surface area (Å²) in [5.74, 6) is -0.223. The van der Waals surface area contributed by atoms with Crippen molar-refractivity contribution in [3.63, 3.8) is 0 Å². The summed E-state index contributed by atoms with van der Waals surface area (Å²) >= 11 is 0.